The maximum Gasteiger partial charge on any atom is 0.513 e. The minimum absolute atomic E-state index is 0.0365. The van der Waals surface area contributed by atoms with E-state index in [9.17, 15) is 4.79 Å². The van der Waals surface area contributed by atoms with E-state index < -0.39 is 6.16 Å². The lowest BCUT2D eigenvalue weighted by Gasteiger charge is -2.14. The lowest BCUT2D eigenvalue weighted by Crippen LogP contribution is -2.15. The summed E-state index contributed by atoms with van der Waals surface area (Å²) in [7, 11) is 0.181. The predicted molar refractivity (Wildman–Crippen MR) is 110 cm³/mol. The van der Waals surface area contributed by atoms with E-state index in [4.69, 9.17) is 9.47 Å². The zero-order valence-corrected chi connectivity index (χ0v) is 16.2. The third kappa shape index (κ3) is 3.58. The van der Waals surface area contributed by atoms with Crippen LogP contribution in [0.3, 0.4) is 0 Å². The molecule has 0 amide bonds. The molecule has 136 valence electrons. The van der Waals surface area contributed by atoms with Crippen LogP contribution in [0.5, 0.6) is 5.75 Å². The summed E-state index contributed by atoms with van der Waals surface area (Å²) in [6.45, 7) is 0.262. The highest BCUT2D eigenvalue weighted by Gasteiger charge is 2.29. The Balaban J connectivity index is 1.45. The fourth-order valence-corrected chi connectivity index (χ4v) is 4.18. The number of carbonyl (C=O) groups is 1. The van der Waals surface area contributed by atoms with Crippen LogP contribution >= 0.6 is 0 Å². The Morgan fingerprint density at radius 2 is 1.41 bits per heavy atom. The van der Waals surface area contributed by atoms with Crippen LogP contribution in [0.2, 0.25) is 0 Å². The van der Waals surface area contributed by atoms with Crippen molar-refractivity contribution in [2.45, 2.75) is 10.8 Å². The lowest BCUT2D eigenvalue weighted by molar-refractivity contribution is 0.0965. The van der Waals surface area contributed by atoms with Gasteiger partial charge in [-0.15, -0.1) is 0 Å². The first-order valence-corrected chi connectivity index (χ1v) is 10.9. The molecule has 0 aromatic heterocycles. The summed E-state index contributed by atoms with van der Waals surface area (Å²) in [4.78, 5) is 13.4. The van der Waals surface area contributed by atoms with Crippen molar-refractivity contribution in [3.8, 4) is 16.9 Å². The van der Waals surface area contributed by atoms with Crippen molar-refractivity contribution < 1.29 is 14.3 Å². The summed E-state index contributed by atoms with van der Waals surface area (Å²) in [5.74, 6) is 0.538. The van der Waals surface area contributed by atoms with Crippen LogP contribution in [-0.2, 0) is 15.6 Å². The summed E-state index contributed by atoms with van der Waals surface area (Å²) in [6, 6.07) is 24.1. The molecule has 0 radical (unpaired) electrons. The molecule has 0 N–H and O–H groups in total. The first kappa shape index (κ1) is 17.7. The Kier molecular flexibility index (Phi) is 4.90. The van der Waals surface area contributed by atoms with Gasteiger partial charge in [-0.3, -0.25) is 0 Å². The third-order valence-corrected chi connectivity index (χ3v) is 6.04. The normalized spacial score (nSPS) is 12.6. The van der Waals surface area contributed by atoms with E-state index in [0.29, 0.717) is 5.75 Å². The molecular formula is C23H21O3S+. The highest BCUT2D eigenvalue weighted by atomic mass is 32.2. The monoisotopic (exact) mass is 377 g/mol. The van der Waals surface area contributed by atoms with E-state index in [2.05, 4.69) is 36.8 Å². The van der Waals surface area contributed by atoms with Gasteiger partial charge in [0.05, 0.1) is 0 Å². The quantitative estimate of drug-likeness (QED) is 0.354. The Labute approximate surface area is 162 Å². The molecule has 0 saturated carbocycles. The maximum atomic E-state index is 12.2. The molecule has 4 heteroatoms. The minimum Gasteiger partial charge on any atom is -0.433 e. The number of rotatable bonds is 4. The van der Waals surface area contributed by atoms with Crippen LogP contribution in [0.1, 0.15) is 17.0 Å². The van der Waals surface area contributed by atoms with Gasteiger partial charge in [0.2, 0.25) is 0 Å². The highest BCUT2D eigenvalue weighted by molar-refractivity contribution is 7.95. The minimum atomic E-state index is -0.670. The summed E-state index contributed by atoms with van der Waals surface area (Å²) < 4.78 is 10.8. The SMILES string of the molecule is C[S+](C)c1ccc(OC(=O)OCC2c3ccccc3-c3ccccc32)cc1. The Bertz CT molecular complexity index is 918. The second kappa shape index (κ2) is 7.49. The molecule has 4 rings (SSSR count). The largest absolute Gasteiger partial charge is 0.513 e. The zero-order valence-electron chi connectivity index (χ0n) is 15.3. The first-order chi connectivity index (χ1) is 13.1. The molecule has 1 aliphatic carbocycles. The molecular weight excluding hydrogens is 356 g/mol. The van der Waals surface area contributed by atoms with Gasteiger partial charge in [-0.2, -0.15) is 0 Å². The van der Waals surface area contributed by atoms with E-state index >= 15 is 0 Å². The average molecular weight is 377 g/mol. The molecule has 0 fully saturated rings. The van der Waals surface area contributed by atoms with Gasteiger partial charge in [-0.1, -0.05) is 48.5 Å². The summed E-state index contributed by atoms with van der Waals surface area (Å²) in [5.41, 5.74) is 4.79. The summed E-state index contributed by atoms with van der Waals surface area (Å²) >= 11 is 0. The number of hydrogen-bond acceptors (Lipinski definition) is 3. The van der Waals surface area contributed by atoms with Crippen molar-refractivity contribution in [2.24, 2.45) is 0 Å². The van der Waals surface area contributed by atoms with E-state index in [1.165, 1.54) is 27.1 Å². The molecule has 0 unspecified atom stereocenters. The van der Waals surface area contributed by atoms with Crippen LogP contribution in [-0.4, -0.2) is 25.3 Å². The summed E-state index contributed by atoms with van der Waals surface area (Å²) in [6.07, 6.45) is 3.64. The number of ether oxygens (including phenoxy) is 2. The van der Waals surface area contributed by atoms with Gasteiger partial charge in [-0.25, -0.2) is 4.79 Å². The number of benzene rings is 3. The fraction of sp³-hybridized carbons (Fsp3) is 0.174. The first-order valence-electron chi connectivity index (χ1n) is 8.84. The second-order valence-corrected chi connectivity index (χ2v) is 8.78. The second-order valence-electron chi connectivity index (χ2n) is 6.68. The van der Waals surface area contributed by atoms with Gasteiger partial charge in [0.15, 0.2) is 4.90 Å². The van der Waals surface area contributed by atoms with Crippen molar-refractivity contribution in [1.82, 2.24) is 0 Å². The Morgan fingerprint density at radius 3 is 1.96 bits per heavy atom. The highest BCUT2D eigenvalue weighted by Crippen LogP contribution is 2.44. The molecule has 3 aromatic rings. The molecule has 0 spiro atoms. The average Bonchev–Trinajstić information content (AvgIpc) is 3.01. The zero-order chi connectivity index (χ0) is 18.8. The van der Waals surface area contributed by atoms with E-state index in [0.717, 1.165) is 0 Å². The van der Waals surface area contributed by atoms with Crippen molar-refractivity contribution in [3.63, 3.8) is 0 Å². The van der Waals surface area contributed by atoms with Crippen LogP contribution in [0, 0.1) is 0 Å². The smallest absolute Gasteiger partial charge is 0.433 e. The van der Waals surface area contributed by atoms with Crippen LogP contribution < -0.4 is 4.74 Å². The Hall–Kier alpha value is -2.72. The van der Waals surface area contributed by atoms with Crippen molar-refractivity contribution in [2.75, 3.05) is 19.1 Å². The van der Waals surface area contributed by atoms with Gasteiger partial charge >= 0.3 is 6.16 Å². The van der Waals surface area contributed by atoms with Crippen molar-refractivity contribution >= 4 is 17.1 Å². The van der Waals surface area contributed by atoms with E-state index in [1.54, 1.807) is 0 Å². The van der Waals surface area contributed by atoms with Crippen LogP contribution in [0.25, 0.3) is 11.1 Å². The number of fused-ring (bicyclic) bond motifs is 3. The van der Waals surface area contributed by atoms with Gasteiger partial charge in [-0.05, 0) is 46.5 Å². The van der Waals surface area contributed by atoms with Crippen molar-refractivity contribution in [1.29, 1.82) is 0 Å². The molecule has 3 nitrogen and oxygen atoms in total. The molecule has 0 heterocycles. The third-order valence-electron chi connectivity index (χ3n) is 4.83. The standard InChI is InChI=1S/C23H21O3S/c1-27(2)17-13-11-16(12-14-17)26-23(24)25-15-22-20-9-5-3-7-18(20)19-8-4-6-10-21(19)22/h3-14,22H,15H2,1-2H3/q+1. The maximum absolute atomic E-state index is 12.2. The van der Waals surface area contributed by atoms with Gasteiger partial charge in [0, 0.05) is 16.8 Å². The Morgan fingerprint density at radius 1 is 0.852 bits per heavy atom. The molecule has 0 atom stereocenters. The number of hydrogen-bond donors (Lipinski definition) is 0. The molecule has 0 bridgehead atoms. The van der Waals surface area contributed by atoms with Crippen LogP contribution in [0.4, 0.5) is 4.79 Å². The lowest BCUT2D eigenvalue weighted by atomic mass is 9.98. The molecule has 1 aliphatic rings. The van der Waals surface area contributed by atoms with E-state index in [1.807, 2.05) is 48.5 Å². The van der Waals surface area contributed by atoms with Crippen molar-refractivity contribution in [3.05, 3.63) is 83.9 Å². The predicted octanol–water partition coefficient (Wildman–Crippen LogP) is 5.25. The molecule has 0 aliphatic heterocycles. The number of carbonyl (C=O) groups excluding carboxylic acids is 1. The molecule has 0 saturated heterocycles. The van der Waals surface area contributed by atoms with Crippen LogP contribution in [0.15, 0.2) is 77.7 Å². The molecule has 3 aromatic carbocycles. The van der Waals surface area contributed by atoms with Gasteiger partial charge < -0.3 is 9.47 Å². The van der Waals surface area contributed by atoms with E-state index in [-0.39, 0.29) is 23.4 Å². The van der Waals surface area contributed by atoms with Gasteiger partial charge in [0.1, 0.15) is 24.9 Å². The fourth-order valence-electron chi connectivity index (χ4n) is 3.50. The topological polar surface area (TPSA) is 35.5 Å². The summed E-state index contributed by atoms with van der Waals surface area (Å²) in [5, 5.41) is 0. The molecule has 27 heavy (non-hydrogen) atoms. The van der Waals surface area contributed by atoms with Gasteiger partial charge in [0.25, 0.3) is 0 Å².